The molecule has 1 aromatic heterocycles. The number of hydrogen-bond acceptors (Lipinski definition) is 1. The summed E-state index contributed by atoms with van der Waals surface area (Å²) in [5, 5.41) is 0. The molecule has 1 N–H and O–H groups in total. The molecule has 0 aliphatic rings. The summed E-state index contributed by atoms with van der Waals surface area (Å²) in [6.07, 6.45) is 1.000. The summed E-state index contributed by atoms with van der Waals surface area (Å²) >= 11 is 0. The van der Waals surface area contributed by atoms with Gasteiger partial charge in [0.1, 0.15) is 11.6 Å². The quantitative estimate of drug-likeness (QED) is 0.728. The number of halogens is 1. The molecule has 19 heavy (non-hydrogen) atoms. The number of nitrogens with one attached hydrogen (secondary N) is 1. The van der Waals surface area contributed by atoms with Crippen LogP contribution in [0, 0.1) is 12.7 Å². The van der Waals surface area contributed by atoms with E-state index in [1.54, 1.807) is 13.0 Å². The highest BCUT2D eigenvalue weighted by molar-refractivity contribution is 5.80. The van der Waals surface area contributed by atoms with Gasteiger partial charge in [-0.1, -0.05) is 13.0 Å². The predicted octanol–water partition coefficient (Wildman–Crippen LogP) is 4.24. The molecule has 0 aliphatic carbocycles. The summed E-state index contributed by atoms with van der Waals surface area (Å²) in [6, 6.07) is 11.3. The van der Waals surface area contributed by atoms with Crippen molar-refractivity contribution in [2.45, 2.75) is 20.3 Å². The lowest BCUT2D eigenvalue weighted by molar-refractivity contribution is 0.618. The molecule has 0 fully saturated rings. The Morgan fingerprint density at radius 3 is 2.74 bits per heavy atom. The average molecular weight is 254 g/mol. The van der Waals surface area contributed by atoms with Crippen molar-refractivity contribution in [3.8, 4) is 11.4 Å². The summed E-state index contributed by atoms with van der Waals surface area (Å²) in [7, 11) is 0. The molecule has 0 saturated heterocycles. The van der Waals surface area contributed by atoms with E-state index in [1.165, 1.54) is 11.6 Å². The first-order valence-electron chi connectivity index (χ1n) is 6.42. The van der Waals surface area contributed by atoms with Gasteiger partial charge < -0.3 is 4.98 Å². The molecule has 0 amide bonds. The van der Waals surface area contributed by atoms with Gasteiger partial charge in [0.25, 0.3) is 0 Å². The fourth-order valence-electron chi connectivity index (χ4n) is 2.21. The summed E-state index contributed by atoms with van der Waals surface area (Å²) in [5.41, 5.74) is 4.78. The Morgan fingerprint density at radius 2 is 2.00 bits per heavy atom. The van der Waals surface area contributed by atoms with Gasteiger partial charge in [-0.15, -0.1) is 0 Å². The van der Waals surface area contributed by atoms with E-state index in [0.717, 1.165) is 28.8 Å². The van der Waals surface area contributed by atoms with E-state index in [2.05, 4.69) is 29.0 Å². The molecule has 0 spiro atoms. The Kier molecular flexibility index (Phi) is 2.82. The fourth-order valence-corrected chi connectivity index (χ4v) is 2.21. The van der Waals surface area contributed by atoms with Crippen molar-refractivity contribution in [3.05, 3.63) is 53.3 Å². The Hall–Kier alpha value is -2.16. The van der Waals surface area contributed by atoms with Gasteiger partial charge in [0.05, 0.1) is 11.0 Å². The second-order valence-electron chi connectivity index (χ2n) is 4.75. The summed E-state index contributed by atoms with van der Waals surface area (Å²) in [4.78, 5) is 7.85. The number of rotatable bonds is 2. The van der Waals surface area contributed by atoms with Crippen LogP contribution in [0.1, 0.15) is 18.1 Å². The van der Waals surface area contributed by atoms with Gasteiger partial charge in [-0.05, 0) is 54.8 Å². The average Bonchev–Trinajstić information content (AvgIpc) is 2.84. The molecular formula is C16H15FN2. The highest BCUT2D eigenvalue weighted by Gasteiger charge is 2.07. The summed E-state index contributed by atoms with van der Waals surface area (Å²) in [6.45, 7) is 3.89. The molecule has 3 aromatic rings. The second-order valence-corrected chi connectivity index (χ2v) is 4.75. The molecule has 0 unspecified atom stereocenters. The third kappa shape index (κ3) is 2.12. The molecular weight excluding hydrogens is 239 g/mol. The van der Waals surface area contributed by atoms with Crippen molar-refractivity contribution in [2.75, 3.05) is 0 Å². The molecule has 0 atom stereocenters. The lowest BCUT2D eigenvalue weighted by Crippen LogP contribution is -1.85. The van der Waals surface area contributed by atoms with Crippen LogP contribution in [0.4, 0.5) is 4.39 Å². The minimum absolute atomic E-state index is 0.187. The van der Waals surface area contributed by atoms with Gasteiger partial charge in [-0.25, -0.2) is 9.37 Å². The number of fused-ring (bicyclic) bond motifs is 1. The van der Waals surface area contributed by atoms with E-state index >= 15 is 0 Å². The van der Waals surface area contributed by atoms with Crippen LogP contribution in [0.3, 0.4) is 0 Å². The van der Waals surface area contributed by atoms with Crippen molar-refractivity contribution in [3.63, 3.8) is 0 Å². The van der Waals surface area contributed by atoms with Gasteiger partial charge in [0.15, 0.2) is 0 Å². The zero-order valence-electron chi connectivity index (χ0n) is 11.0. The Bertz CT molecular complexity index is 744. The van der Waals surface area contributed by atoms with E-state index in [1.807, 2.05) is 12.1 Å². The van der Waals surface area contributed by atoms with Crippen LogP contribution < -0.4 is 0 Å². The summed E-state index contributed by atoms with van der Waals surface area (Å²) < 4.78 is 13.3. The number of nitrogens with zero attached hydrogens (tertiary/aromatic N) is 1. The van der Waals surface area contributed by atoms with Gasteiger partial charge in [-0.3, -0.25) is 0 Å². The maximum absolute atomic E-state index is 13.3. The SMILES string of the molecule is CCc1ccc2nc(-c3ccc(F)c(C)c3)[nH]c2c1. The number of aromatic nitrogens is 2. The highest BCUT2D eigenvalue weighted by Crippen LogP contribution is 2.23. The Morgan fingerprint density at radius 1 is 1.16 bits per heavy atom. The first-order valence-corrected chi connectivity index (χ1v) is 6.42. The first kappa shape index (κ1) is 11.9. The van der Waals surface area contributed by atoms with Gasteiger partial charge >= 0.3 is 0 Å². The fraction of sp³-hybridized carbons (Fsp3) is 0.188. The van der Waals surface area contributed by atoms with E-state index < -0.39 is 0 Å². The predicted molar refractivity (Wildman–Crippen MR) is 75.6 cm³/mol. The number of hydrogen-bond donors (Lipinski definition) is 1. The van der Waals surface area contributed by atoms with E-state index in [9.17, 15) is 4.39 Å². The van der Waals surface area contributed by atoms with Crippen LogP contribution in [0.25, 0.3) is 22.4 Å². The molecule has 2 nitrogen and oxygen atoms in total. The molecule has 1 heterocycles. The number of H-pyrrole nitrogens is 1. The van der Waals surface area contributed by atoms with Gasteiger partial charge in [0, 0.05) is 5.56 Å². The van der Waals surface area contributed by atoms with Crippen molar-refractivity contribution in [1.82, 2.24) is 9.97 Å². The number of benzene rings is 2. The third-order valence-electron chi connectivity index (χ3n) is 3.39. The molecule has 0 bridgehead atoms. The maximum Gasteiger partial charge on any atom is 0.138 e. The Labute approximate surface area is 111 Å². The largest absolute Gasteiger partial charge is 0.338 e. The van der Waals surface area contributed by atoms with Crippen LogP contribution in [-0.4, -0.2) is 9.97 Å². The topological polar surface area (TPSA) is 28.7 Å². The molecule has 96 valence electrons. The van der Waals surface area contributed by atoms with Crippen LogP contribution in [0.5, 0.6) is 0 Å². The van der Waals surface area contributed by atoms with Crippen LogP contribution in [0.2, 0.25) is 0 Å². The smallest absolute Gasteiger partial charge is 0.138 e. The van der Waals surface area contributed by atoms with Crippen molar-refractivity contribution >= 4 is 11.0 Å². The van der Waals surface area contributed by atoms with E-state index in [-0.39, 0.29) is 5.82 Å². The molecule has 0 radical (unpaired) electrons. The Balaban J connectivity index is 2.11. The van der Waals surface area contributed by atoms with E-state index in [0.29, 0.717) is 5.56 Å². The molecule has 3 heteroatoms. The van der Waals surface area contributed by atoms with Crippen LogP contribution in [-0.2, 0) is 6.42 Å². The maximum atomic E-state index is 13.3. The number of aryl methyl sites for hydroxylation is 2. The number of aromatic amines is 1. The van der Waals surface area contributed by atoms with E-state index in [4.69, 9.17) is 0 Å². The lowest BCUT2D eigenvalue weighted by atomic mass is 10.1. The molecule has 0 aliphatic heterocycles. The van der Waals surface area contributed by atoms with Crippen LogP contribution in [0.15, 0.2) is 36.4 Å². The molecule has 2 aromatic carbocycles. The number of imidazole rings is 1. The highest BCUT2D eigenvalue weighted by atomic mass is 19.1. The minimum Gasteiger partial charge on any atom is -0.338 e. The first-order chi connectivity index (χ1) is 9.17. The van der Waals surface area contributed by atoms with Crippen molar-refractivity contribution < 1.29 is 4.39 Å². The lowest BCUT2D eigenvalue weighted by Gasteiger charge is -1.99. The second kappa shape index (κ2) is 4.50. The third-order valence-corrected chi connectivity index (χ3v) is 3.39. The summed E-state index contributed by atoms with van der Waals surface area (Å²) in [5.74, 6) is 0.597. The van der Waals surface area contributed by atoms with Crippen molar-refractivity contribution in [2.24, 2.45) is 0 Å². The molecule has 3 rings (SSSR count). The monoisotopic (exact) mass is 254 g/mol. The van der Waals surface area contributed by atoms with Crippen LogP contribution >= 0.6 is 0 Å². The molecule has 0 saturated carbocycles. The normalized spacial score (nSPS) is 11.1. The van der Waals surface area contributed by atoms with Gasteiger partial charge in [-0.2, -0.15) is 0 Å². The van der Waals surface area contributed by atoms with Crippen molar-refractivity contribution in [1.29, 1.82) is 0 Å². The standard InChI is InChI=1S/C16H15FN2/c1-3-11-4-7-14-15(9-11)19-16(18-14)12-5-6-13(17)10(2)8-12/h4-9H,3H2,1-2H3,(H,18,19). The minimum atomic E-state index is -0.187. The van der Waals surface area contributed by atoms with Gasteiger partial charge in [0.2, 0.25) is 0 Å². The zero-order chi connectivity index (χ0) is 13.4. The zero-order valence-corrected chi connectivity index (χ0v) is 11.0.